The van der Waals surface area contributed by atoms with Gasteiger partial charge < -0.3 is 9.26 Å². The number of fused-ring (bicyclic) bond motifs is 1. The summed E-state index contributed by atoms with van der Waals surface area (Å²) in [5.74, 6) is 1.53. The van der Waals surface area contributed by atoms with E-state index < -0.39 is 0 Å². The number of rotatable bonds is 3. The van der Waals surface area contributed by atoms with Gasteiger partial charge in [-0.2, -0.15) is 0 Å². The van der Waals surface area contributed by atoms with Gasteiger partial charge in [-0.1, -0.05) is 24.4 Å². The van der Waals surface area contributed by atoms with Crippen LogP contribution in [0, 0.1) is 0 Å². The molecule has 1 amide bonds. The van der Waals surface area contributed by atoms with Crippen LogP contribution in [0.4, 0.5) is 4.79 Å². The summed E-state index contributed by atoms with van der Waals surface area (Å²) in [5.41, 5.74) is 1.13. The fourth-order valence-corrected chi connectivity index (χ4v) is 3.91. The highest BCUT2D eigenvalue weighted by molar-refractivity contribution is 5.70. The quantitative estimate of drug-likeness (QED) is 0.858. The minimum Gasteiger partial charge on any atom is -0.447 e. The molecule has 0 bridgehead atoms. The zero-order valence-corrected chi connectivity index (χ0v) is 12.9. The molecular formula is C16H23N3O3. The van der Waals surface area contributed by atoms with Crippen LogP contribution in [0.25, 0.3) is 0 Å². The lowest BCUT2D eigenvalue weighted by Crippen LogP contribution is -2.51. The largest absolute Gasteiger partial charge is 0.447 e. The second kappa shape index (κ2) is 5.91. The summed E-state index contributed by atoms with van der Waals surface area (Å²) in [4.78, 5) is 15.7. The van der Waals surface area contributed by atoms with Gasteiger partial charge in [-0.15, -0.1) is 0 Å². The van der Waals surface area contributed by atoms with Gasteiger partial charge in [0.25, 0.3) is 0 Å². The molecule has 2 aliphatic heterocycles. The molecule has 0 unspecified atom stereocenters. The van der Waals surface area contributed by atoms with Crippen LogP contribution in [-0.4, -0.2) is 53.3 Å². The second-order valence-electron chi connectivity index (χ2n) is 6.71. The zero-order valence-electron chi connectivity index (χ0n) is 12.9. The highest BCUT2D eigenvalue weighted by atomic mass is 16.6. The van der Waals surface area contributed by atoms with E-state index in [4.69, 9.17) is 9.26 Å². The molecule has 0 radical (unpaired) electrons. The Bertz CT molecular complexity index is 538. The molecule has 1 aromatic heterocycles. The average molecular weight is 305 g/mol. The van der Waals surface area contributed by atoms with Crippen LogP contribution in [-0.2, 0) is 11.3 Å². The molecule has 1 saturated carbocycles. The monoisotopic (exact) mass is 305 g/mol. The van der Waals surface area contributed by atoms with Gasteiger partial charge in [0.2, 0.25) is 0 Å². The predicted molar refractivity (Wildman–Crippen MR) is 79.4 cm³/mol. The van der Waals surface area contributed by atoms with Gasteiger partial charge in [-0.05, 0) is 12.8 Å². The van der Waals surface area contributed by atoms with Crippen molar-refractivity contribution in [1.82, 2.24) is 15.0 Å². The Labute approximate surface area is 130 Å². The van der Waals surface area contributed by atoms with Crippen molar-refractivity contribution < 1.29 is 14.1 Å². The number of nitrogens with zero attached hydrogens (tertiary/aromatic N) is 3. The highest BCUT2D eigenvalue weighted by Gasteiger charge is 2.37. The Morgan fingerprint density at radius 3 is 2.95 bits per heavy atom. The van der Waals surface area contributed by atoms with E-state index in [0.29, 0.717) is 12.5 Å². The minimum absolute atomic E-state index is 0.163. The molecule has 1 atom stereocenters. The van der Waals surface area contributed by atoms with Crippen LogP contribution < -0.4 is 0 Å². The Hall–Kier alpha value is -1.56. The molecule has 4 rings (SSSR count). The van der Waals surface area contributed by atoms with E-state index in [0.717, 1.165) is 37.6 Å². The van der Waals surface area contributed by atoms with Crippen molar-refractivity contribution in [3.05, 3.63) is 17.5 Å². The van der Waals surface area contributed by atoms with Crippen molar-refractivity contribution in [2.75, 3.05) is 26.2 Å². The summed E-state index contributed by atoms with van der Waals surface area (Å²) in [6, 6.07) is 2.33. The van der Waals surface area contributed by atoms with Crippen LogP contribution in [0.1, 0.15) is 49.5 Å². The van der Waals surface area contributed by atoms with Crippen LogP contribution in [0.2, 0.25) is 0 Å². The van der Waals surface area contributed by atoms with Crippen molar-refractivity contribution in [2.45, 2.75) is 50.6 Å². The van der Waals surface area contributed by atoms with Crippen molar-refractivity contribution in [2.24, 2.45) is 0 Å². The number of piperazine rings is 1. The third-order valence-electron chi connectivity index (χ3n) is 5.18. The maximum absolute atomic E-state index is 11.5. The van der Waals surface area contributed by atoms with E-state index in [2.05, 4.69) is 16.1 Å². The molecule has 2 saturated heterocycles. The standard InChI is InChI=1S/C16H23N3O3/c20-16-19-7-6-18(9-13(19)11-21-16)10-14-8-15(17-22-14)12-4-2-1-3-5-12/h8,12-13H,1-7,9-11H2/t13-/m1/s1. The van der Waals surface area contributed by atoms with Gasteiger partial charge in [0.1, 0.15) is 6.61 Å². The summed E-state index contributed by atoms with van der Waals surface area (Å²) in [7, 11) is 0. The van der Waals surface area contributed by atoms with Crippen LogP contribution >= 0.6 is 0 Å². The average Bonchev–Trinajstić information content (AvgIpc) is 3.16. The molecule has 6 nitrogen and oxygen atoms in total. The van der Waals surface area contributed by atoms with Gasteiger partial charge in [0, 0.05) is 31.6 Å². The molecule has 22 heavy (non-hydrogen) atoms. The minimum atomic E-state index is -0.163. The van der Waals surface area contributed by atoms with E-state index in [1.807, 2.05) is 4.90 Å². The lowest BCUT2D eigenvalue weighted by Gasteiger charge is -2.34. The summed E-state index contributed by atoms with van der Waals surface area (Å²) in [6.45, 7) is 3.75. The molecule has 0 aromatic carbocycles. The Balaban J connectivity index is 1.36. The molecule has 3 aliphatic rings. The highest BCUT2D eigenvalue weighted by Crippen LogP contribution is 2.32. The maximum Gasteiger partial charge on any atom is 0.410 e. The fourth-order valence-electron chi connectivity index (χ4n) is 3.91. The number of carbonyl (C=O) groups is 1. The molecule has 120 valence electrons. The topological polar surface area (TPSA) is 58.8 Å². The number of cyclic esters (lactones) is 1. The third-order valence-corrected chi connectivity index (χ3v) is 5.18. The first kappa shape index (κ1) is 14.1. The number of amides is 1. The number of carbonyl (C=O) groups excluding carboxylic acids is 1. The first-order valence-corrected chi connectivity index (χ1v) is 8.41. The van der Waals surface area contributed by atoms with Gasteiger partial charge in [0.15, 0.2) is 5.76 Å². The molecule has 3 fully saturated rings. The smallest absolute Gasteiger partial charge is 0.410 e. The lowest BCUT2D eigenvalue weighted by atomic mass is 9.87. The van der Waals surface area contributed by atoms with Gasteiger partial charge in [-0.3, -0.25) is 9.80 Å². The SMILES string of the molecule is O=C1OC[C@H]2CN(Cc3cc(C4CCCCC4)no3)CCN12. The molecule has 1 aliphatic carbocycles. The van der Waals surface area contributed by atoms with Crippen molar-refractivity contribution in [1.29, 1.82) is 0 Å². The first-order valence-electron chi connectivity index (χ1n) is 8.41. The second-order valence-corrected chi connectivity index (χ2v) is 6.71. The predicted octanol–water partition coefficient (Wildman–Crippen LogP) is 2.36. The van der Waals surface area contributed by atoms with E-state index in [9.17, 15) is 4.79 Å². The zero-order chi connectivity index (χ0) is 14.9. The van der Waals surface area contributed by atoms with Crippen LogP contribution in [0.15, 0.2) is 10.6 Å². The molecule has 6 heteroatoms. The third kappa shape index (κ3) is 2.72. The van der Waals surface area contributed by atoms with Crippen LogP contribution in [0.5, 0.6) is 0 Å². The summed E-state index contributed by atoms with van der Waals surface area (Å²) in [5, 5.41) is 4.29. The van der Waals surface area contributed by atoms with Gasteiger partial charge in [0.05, 0.1) is 18.3 Å². The number of hydrogen-bond donors (Lipinski definition) is 0. The normalized spacial score (nSPS) is 27.0. The number of aromatic nitrogens is 1. The van der Waals surface area contributed by atoms with Crippen LogP contribution in [0.3, 0.4) is 0 Å². The number of ether oxygens (including phenoxy) is 1. The number of hydrogen-bond acceptors (Lipinski definition) is 5. The molecule has 1 aromatic rings. The Morgan fingerprint density at radius 1 is 1.23 bits per heavy atom. The molecular weight excluding hydrogens is 282 g/mol. The van der Waals surface area contributed by atoms with E-state index in [1.54, 1.807) is 0 Å². The first-order chi connectivity index (χ1) is 10.8. The van der Waals surface area contributed by atoms with Gasteiger partial charge in [-0.25, -0.2) is 4.79 Å². The summed E-state index contributed by atoms with van der Waals surface area (Å²) < 4.78 is 10.7. The Kier molecular flexibility index (Phi) is 3.78. The Morgan fingerprint density at radius 2 is 2.09 bits per heavy atom. The lowest BCUT2D eigenvalue weighted by molar-refractivity contribution is 0.108. The van der Waals surface area contributed by atoms with Crippen molar-refractivity contribution >= 4 is 6.09 Å². The van der Waals surface area contributed by atoms with E-state index in [-0.39, 0.29) is 12.1 Å². The molecule has 3 heterocycles. The van der Waals surface area contributed by atoms with Gasteiger partial charge >= 0.3 is 6.09 Å². The maximum atomic E-state index is 11.5. The summed E-state index contributed by atoms with van der Waals surface area (Å²) >= 11 is 0. The molecule has 0 spiro atoms. The molecule has 0 N–H and O–H groups in total. The van der Waals surface area contributed by atoms with Crippen molar-refractivity contribution in [3.8, 4) is 0 Å². The fraction of sp³-hybridized carbons (Fsp3) is 0.750. The summed E-state index contributed by atoms with van der Waals surface area (Å²) in [6.07, 6.45) is 6.30. The van der Waals surface area contributed by atoms with Crippen molar-refractivity contribution in [3.63, 3.8) is 0 Å². The van der Waals surface area contributed by atoms with E-state index >= 15 is 0 Å². The van der Waals surface area contributed by atoms with E-state index in [1.165, 1.54) is 32.1 Å².